The van der Waals surface area contributed by atoms with E-state index >= 15 is 0 Å². The number of halogens is 7. The van der Waals surface area contributed by atoms with Gasteiger partial charge >= 0.3 is 0 Å². The Labute approximate surface area is 255 Å². The highest BCUT2D eigenvalue weighted by Crippen LogP contribution is 2.31. The van der Waals surface area contributed by atoms with Gasteiger partial charge in [-0.1, -0.05) is 44.4 Å². The quantitative estimate of drug-likeness (QED) is 0.0877. The molecule has 45 heavy (non-hydrogen) atoms. The number of hydrogen-bond donors (Lipinski definition) is 2. The Morgan fingerprint density at radius 2 is 1.78 bits per heavy atom. The van der Waals surface area contributed by atoms with Gasteiger partial charge in [-0.25, -0.2) is 30.7 Å². The number of carbonyl (C=O) groups is 2. The lowest BCUT2D eigenvalue weighted by Crippen LogP contribution is -2.44. The summed E-state index contributed by atoms with van der Waals surface area (Å²) >= 11 is 0. The Kier molecular flexibility index (Phi) is 14.2. The third kappa shape index (κ3) is 11.0. The van der Waals surface area contributed by atoms with Gasteiger partial charge in [0.2, 0.25) is 11.8 Å². The van der Waals surface area contributed by atoms with Gasteiger partial charge in [0.05, 0.1) is 6.04 Å². The van der Waals surface area contributed by atoms with Gasteiger partial charge in [0, 0.05) is 35.5 Å². The number of nitrogens with one attached hydrogen (secondary N) is 1. The molecule has 0 aliphatic carbocycles. The molecule has 0 aliphatic rings. The fraction of sp³-hybridized carbons (Fsp3) is 0.290. The molecule has 0 spiro atoms. The van der Waals surface area contributed by atoms with Crippen LogP contribution in [0.3, 0.4) is 0 Å². The lowest BCUT2D eigenvalue weighted by molar-refractivity contribution is -0.122. The van der Waals surface area contributed by atoms with E-state index in [1.807, 2.05) is 6.92 Å². The molecule has 3 N–H and O–H groups in total. The largest absolute Gasteiger partial charge is 0.366 e. The molecule has 1 aromatic heterocycles. The molecular weight excluding hydrogens is 607 g/mol. The normalized spacial score (nSPS) is 13.3. The maximum atomic E-state index is 14.1. The number of aromatic nitrogens is 2. The van der Waals surface area contributed by atoms with Crippen molar-refractivity contribution in [3.8, 4) is 0 Å². The van der Waals surface area contributed by atoms with Gasteiger partial charge in [0.25, 0.3) is 12.9 Å². The van der Waals surface area contributed by atoms with Crippen molar-refractivity contribution in [3.63, 3.8) is 0 Å². The third-order valence-corrected chi connectivity index (χ3v) is 6.13. The van der Waals surface area contributed by atoms with Crippen molar-refractivity contribution in [1.29, 1.82) is 0 Å². The highest BCUT2D eigenvalue weighted by atomic mass is 19.3. The van der Waals surface area contributed by atoms with Crippen LogP contribution >= 0.6 is 0 Å². The molecule has 7 nitrogen and oxygen atoms in total. The molecule has 242 valence electrons. The SMILES string of the molecule is C=Cc1c(C(F)F)nn(CC(=O)N[C@@H](Cc2cc(F)cc(F)c2)/C(CC(/C=C\CF)=C/C(=C)C(N)=O)=N/C=C\CC)c1C(F)F. The fourth-order valence-corrected chi connectivity index (χ4v) is 4.19. The van der Waals surface area contributed by atoms with E-state index in [4.69, 9.17) is 5.73 Å². The Hall–Kier alpha value is -4.75. The van der Waals surface area contributed by atoms with Crippen LogP contribution in [0.1, 0.15) is 55.1 Å². The second-order valence-electron chi connectivity index (χ2n) is 9.50. The van der Waals surface area contributed by atoms with Crippen molar-refractivity contribution in [2.24, 2.45) is 10.7 Å². The van der Waals surface area contributed by atoms with Gasteiger partial charge in [-0.05, 0) is 42.2 Å². The first-order valence-electron chi connectivity index (χ1n) is 13.5. The zero-order valence-corrected chi connectivity index (χ0v) is 24.3. The number of aliphatic imine (C=N–C) groups is 1. The average Bonchev–Trinajstić information content (AvgIpc) is 3.33. The average molecular weight is 640 g/mol. The number of allylic oxidation sites excluding steroid dienone is 4. The highest BCUT2D eigenvalue weighted by Gasteiger charge is 2.29. The van der Waals surface area contributed by atoms with Crippen molar-refractivity contribution in [3.05, 3.63) is 107 Å². The van der Waals surface area contributed by atoms with E-state index in [2.05, 4.69) is 28.6 Å². The van der Waals surface area contributed by atoms with Gasteiger partial charge in [-0.3, -0.25) is 19.3 Å². The number of rotatable bonds is 17. The van der Waals surface area contributed by atoms with Crippen molar-refractivity contribution < 1.29 is 40.3 Å². The highest BCUT2D eigenvalue weighted by molar-refractivity contribution is 5.97. The first-order chi connectivity index (χ1) is 21.3. The predicted molar refractivity (Wildman–Crippen MR) is 157 cm³/mol. The molecule has 0 unspecified atom stereocenters. The van der Waals surface area contributed by atoms with Crippen LogP contribution < -0.4 is 11.1 Å². The molecule has 1 aromatic carbocycles. The van der Waals surface area contributed by atoms with Crippen molar-refractivity contribution in [2.45, 2.75) is 51.6 Å². The van der Waals surface area contributed by atoms with E-state index in [1.54, 1.807) is 6.08 Å². The molecule has 0 radical (unpaired) electrons. The number of primary amides is 1. The molecule has 0 saturated heterocycles. The fourth-order valence-electron chi connectivity index (χ4n) is 4.19. The van der Waals surface area contributed by atoms with Crippen LogP contribution in [0.2, 0.25) is 0 Å². The number of benzene rings is 1. The zero-order valence-electron chi connectivity index (χ0n) is 24.3. The lowest BCUT2D eigenvalue weighted by atomic mass is 9.95. The van der Waals surface area contributed by atoms with E-state index < -0.39 is 72.5 Å². The van der Waals surface area contributed by atoms with Gasteiger partial charge < -0.3 is 11.1 Å². The molecule has 0 aliphatic heterocycles. The Morgan fingerprint density at radius 1 is 1.11 bits per heavy atom. The summed E-state index contributed by atoms with van der Waals surface area (Å²) in [5.41, 5.74) is 3.03. The number of nitrogens with two attached hydrogens (primary N) is 1. The summed E-state index contributed by atoms with van der Waals surface area (Å²) in [6, 6.07) is 1.45. The molecular formula is C31H32F7N5O2. The number of alkyl halides is 5. The van der Waals surface area contributed by atoms with E-state index in [1.165, 1.54) is 18.4 Å². The van der Waals surface area contributed by atoms with Gasteiger partial charge in [-0.15, -0.1) is 0 Å². The number of nitrogens with zero attached hydrogens (tertiary/aromatic N) is 3. The first-order valence-corrected chi connectivity index (χ1v) is 13.5. The van der Waals surface area contributed by atoms with Crippen molar-refractivity contribution in [2.75, 3.05) is 6.67 Å². The van der Waals surface area contributed by atoms with Gasteiger partial charge in [-0.2, -0.15) is 5.10 Å². The molecule has 2 rings (SSSR count). The third-order valence-electron chi connectivity index (χ3n) is 6.13. The van der Waals surface area contributed by atoms with Gasteiger partial charge in [0.15, 0.2) is 0 Å². The van der Waals surface area contributed by atoms with Crippen LogP contribution in [-0.4, -0.2) is 40.0 Å². The van der Waals surface area contributed by atoms with Crippen LogP contribution in [0.4, 0.5) is 30.7 Å². The molecule has 0 fully saturated rings. The Balaban J connectivity index is 2.63. The minimum absolute atomic E-state index is 0.0673. The summed E-state index contributed by atoms with van der Waals surface area (Å²) in [4.78, 5) is 29.3. The minimum Gasteiger partial charge on any atom is -0.366 e. The summed E-state index contributed by atoms with van der Waals surface area (Å²) < 4.78 is 96.4. The summed E-state index contributed by atoms with van der Waals surface area (Å²) in [6.07, 6.45) is 1.06. The number of carbonyl (C=O) groups excluding carboxylic acids is 2. The van der Waals surface area contributed by atoms with E-state index in [-0.39, 0.29) is 35.3 Å². The first kappa shape index (κ1) is 36.4. The molecule has 1 heterocycles. The van der Waals surface area contributed by atoms with Crippen LogP contribution in [0.15, 0.2) is 78.0 Å². The molecule has 14 heteroatoms. The van der Waals surface area contributed by atoms with Crippen LogP contribution in [0.25, 0.3) is 6.08 Å². The summed E-state index contributed by atoms with van der Waals surface area (Å²) in [5.74, 6) is -3.70. The van der Waals surface area contributed by atoms with Gasteiger partial charge in [0.1, 0.15) is 36.2 Å². The Morgan fingerprint density at radius 3 is 2.31 bits per heavy atom. The maximum absolute atomic E-state index is 14.1. The second-order valence-corrected chi connectivity index (χ2v) is 9.50. The number of amides is 2. The van der Waals surface area contributed by atoms with E-state index in [0.29, 0.717) is 17.2 Å². The molecule has 0 saturated carbocycles. The molecule has 1 atom stereocenters. The topological polar surface area (TPSA) is 102 Å². The van der Waals surface area contributed by atoms with Crippen LogP contribution in [0.5, 0.6) is 0 Å². The Bertz CT molecular complexity index is 1490. The standard InChI is InChI=1S/C31H32F7N5O2/c1-4-6-10-40-24(14-19(8-7-9-32)11-18(3)31(39)45)25(15-20-12-21(33)16-22(34)13-20)41-26(44)17-43-28(30(37)38)23(5-2)27(42-43)29(35)36/h5-8,10-13,16,25,29-30H,2-4,9,14-15,17H2,1H3,(H2,39,45)(H,41,44)/b8-7-,10-6-,19-11+,40-24+/t25-/m0/s1. The maximum Gasteiger partial charge on any atom is 0.282 e. The van der Waals surface area contributed by atoms with Crippen LogP contribution in [0, 0.1) is 11.6 Å². The lowest BCUT2D eigenvalue weighted by Gasteiger charge is -2.22. The molecule has 2 amide bonds. The zero-order chi connectivity index (χ0) is 33.7. The van der Waals surface area contributed by atoms with E-state index in [0.717, 1.165) is 24.3 Å². The minimum atomic E-state index is -3.29. The molecule has 2 aromatic rings. The number of hydrogen-bond acceptors (Lipinski definition) is 4. The summed E-state index contributed by atoms with van der Waals surface area (Å²) in [6.45, 7) is 6.82. The monoisotopic (exact) mass is 639 g/mol. The van der Waals surface area contributed by atoms with Crippen molar-refractivity contribution >= 4 is 23.6 Å². The van der Waals surface area contributed by atoms with Crippen molar-refractivity contribution in [1.82, 2.24) is 15.1 Å². The second kappa shape index (κ2) is 17.5. The van der Waals surface area contributed by atoms with Crippen LogP contribution in [-0.2, 0) is 22.6 Å². The summed E-state index contributed by atoms with van der Waals surface area (Å²) in [7, 11) is 0. The molecule has 0 bridgehead atoms. The van der Waals surface area contributed by atoms with E-state index in [9.17, 15) is 40.3 Å². The smallest absolute Gasteiger partial charge is 0.282 e. The predicted octanol–water partition coefficient (Wildman–Crippen LogP) is 6.66. The summed E-state index contributed by atoms with van der Waals surface area (Å²) in [5, 5.41) is 6.05.